The van der Waals surface area contributed by atoms with Gasteiger partial charge < -0.3 is 11.1 Å². The first-order valence-corrected chi connectivity index (χ1v) is 8.65. The maximum atomic E-state index is 6.09. The fourth-order valence-electron chi connectivity index (χ4n) is 3.24. The maximum Gasteiger partial charge on any atom is 0.0900 e. The number of aryl methyl sites for hydroxylation is 2. The number of nitrogens with two attached hydrogens (primary N) is 1. The highest BCUT2D eigenvalue weighted by Gasteiger charge is 2.33. The lowest BCUT2D eigenvalue weighted by Crippen LogP contribution is -2.43. The summed E-state index contributed by atoms with van der Waals surface area (Å²) in [6, 6.07) is 0.379. The van der Waals surface area contributed by atoms with Crippen LogP contribution in [0.3, 0.4) is 0 Å². The molecule has 0 amide bonds. The zero-order valence-electron chi connectivity index (χ0n) is 13.3. The Morgan fingerprint density at radius 2 is 2.05 bits per heavy atom. The molecule has 2 rings (SSSR count). The van der Waals surface area contributed by atoms with Crippen LogP contribution in [0.5, 0.6) is 0 Å². The van der Waals surface area contributed by atoms with Gasteiger partial charge in [0, 0.05) is 17.5 Å². The van der Waals surface area contributed by atoms with Crippen molar-refractivity contribution >= 4 is 11.3 Å². The van der Waals surface area contributed by atoms with Crippen LogP contribution in [0.4, 0.5) is 0 Å². The average Bonchev–Trinajstić information content (AvgIpc) is 2.77. The Balaban J connectivity index is 1.94. The molecule has 0 bridgehead atoms. The zero-order chi connectivity index (χ0) is 14.8. The quantitative estimate of drug-likeness (QED) is 0.873. The van der Waals surface area contributed by atoms with Gasteiger partial charge in [-0.05, 0) is 51.5 Å². The number of hydrogen-bond donors (Lipinski definition) is 2. The third kappa shape index (κ3) is 3.60. The molecule has 3 nitrogen and oxygen atoms in total. The normalized spacial score (nSPS) is 28.6. The van der Waals surface area contributed by atoms with Crippen molar-refractivity contribution in [3.05, 3.63) is 15.6 Å². The molecule has 114 valence electrons. The van der Waals surface area contributed by atoms with Crippen LogP contribution in [-0.4, -0.2) is 18.1 Å². The number of nitrogens with one attached hydrogen (secondary N) is 1. The third-order valence-corrected chi connectivity index (χ3v) is 6.14. The van der Waals surface area contributed by atoms with Gasteiger partial charge in [-0.15, -0.1) is 11.3 Å². The highest BCUT2D eigenvalue weighted by molar-refractivity contribution is 7.11. The van der Waals surface area contributed by atoms with Crippen molar-refractivity contribution in [1.82, 2.24) is 10.3 Å². The molecule has 1 aliphatic carbocycles. The molecule has 0 radical (unpaired) electrons. The van der Waals surface area contributed by atoms with Gasteiger partial charge in [-0.25, -0.2) is 4.98 Å². The van der Waals surface area contributed by atoms with E-state index in [2.05, 4.69) is 38.0 Å². The van der Waals surface area contributed by atoms with Crippen molar-refractivity contribution in [3.63, 3.8) is 0 Å². The topological polar surface area (TPSA) is 50.9 Å². The molecule has 0 saturated heterocycles. The SMILES string of the molecule is Cc1nc(C)c(C(C)NCC2(CN)CCC(C)CC2)s1. The Bertz CT molecular complexity index is 433. The number of hydrogen-bond acceptors (Lipinski definition) is 4. The minimum Gasteiger partial charge on any atom is -0.330 e. The van der Waals surface area contributed by atoms with E-state index in [9.17, 15) is 0 Å². The van der Waals surface area contributed by atoms with Crippen molar-refractivity contribution in [3.8, 4) is 0 Å². The molecule has 1 unspecified atom stereocenters. The number of nitrogens with zero attached hydrogens (tertiary/aromatic N) is 1. The van der Waals surface area contributed by atoms with Crippen LogP contribution in [-0.2, 0) is 0 Å². The van der Waals surface area contributed by atoms with Gasteiger partial charge in [-0.1, -0.05) is 19.8 Å². The van der Waals surface area contributed by atoms with Crippen LogP contribution < -0.4 is 11.1 Å². The van der Waals surface area contributed by atoms with Gasteiger partial charge in [-0.2, -0.15) is 0 Å². The number of thiazole rings is 1. The van der Waals surface area contributed by atoms with Crippen LogP contribution in [0.25, 0.3) is 0 Å². The molecular weight excluding hydrogens is 266 g/mol. The number of rotatable bonds is 5. The van der Waals surface area contributed by atoms with E-state index in [1.165, 1.54) is 36.3 Å². The second-order valence-electron chi connectivity index (χ2n) is 6.67. The van der Waals surface area contributed by atoms with Crippen molar-refractivity contribution in [2.45, 2.75) is 59.4 Å². The summed E-state index contributed by atoms with van der Waals surface area (Å²) in [6.45, 7) is 10.6. The molecule has 0 aromatic carbocycles. The van der Waals surface area contributed by atoms with Crippen LogP contribution in [0.2, 0.25) is 0 Å². The first-order valence-electron chi connectivity index (χ1n) is 7.83. The molecule has 0 aliphatic heterocycles. The van der Waals surface area contributed by atoms with Gasteiger partial charge in [-0.3, -0.25) is 0 Å². The minimum atomic E-state index is 0.314. The van der Waals surface area contributed by atoms with Gasteiger partial charge in [0.25, 0.3) is 0 Å². The highest BCUT2D eigenvalue weighted by Crippen LogP contribution is 2.38. The van der Waals surface area contributed by atoms with Gasteiger partial charge in [0.05, 0.1) is 10.7 Å². The van der Waals surface area contributed by atoms with Crippen molar-refractivity contribution in [2.75, 3.05) is 13.1 Å². The molecule has 1 saturated carbocycles. The molecule has 1 aliphatic rings. The molecule has 1 heterocycles. The van der Waals surface area contributed by atoms with E-state index in [0.29, 0.717) is 11.5 Å². The van der Waals surface area contributed by atoms with Gasteiger partial charge in [0.2, 0.25) is 0 Å². The second-order valence-corrected chi connectivity index (χ2v) is 7.91. The van der Waals surface area contributed by atoms with Crippen LogP contribution in [0.1, 0.15) is 61.2 Å². The molecule has 1 fully saturated rings. The summed E-state index contributed by atoms with van der Waals surface area (Å²) < 4.78 is 0. The largest absolute Gasteiger partial charge is 0.330 e. The summed E-state index contributed by atoms with van der Waals surface area (Å²) in [5.41, 5.74) is 7.58. The minimum absolute atomic E-state index is 0.314. The smallest absolute Gasteiger partial charge is 0.0900 e. The summed E-state index contributed by atoms with van der Waals surface area (Å²) in [7, 11) is 0. The Hall–Kier alpha value is -0.450. The van der Waals surface area contributed by atoms with E-state index in [-0.39, 0.29) is 0 Å². The van der Waals surface area contributed by atoms with E-state index < -0.39 is 0 Å². The summed E-state index contributed by atoms with van der Waals surface area (Å²) in [5.74, 6) is 0.874. The zero-order valence-corrected chi connectivity index (χ0v) is 14.1. The molecule has 3 N–H and O–H groups in total. The Kier molecular flexibility index (Phi) is 5.21. The fourth-order valence-corrected chi connectivity index (χ4v) is 4.19. The predicted octanol–water partition coefficient (Wildman–Crippen LogP) is 3.57. The maximum absolute atomic E-state index is 6.09. The van der Waals surface area contributed by atoms with Crippen LogP contribution >= 0.6 is 11.3 Å². The monoisotopic (exact) mass is 295 g/mol. The first kappa shape index (κ1) is 15.9. The number of aromatic nitrogens is 1. The summed E-state index contributed by atoms with van der Waals surface area (Å²) >= 11 is 1.81. The average molecular weight is 295 g/mol. The summed E-state index contributed by atoms with van der Waals surface area (Å²) in [4.78, 5) is 5.90. The lowest BCUT2D eigenvalue weighted by molar-refractivity contribution is 0.155. The fraction of sp³-hybridized carbons (Fsp3) is 0.812. The Morgan fingerprint density at radius 1 is 1.40 bits per heavy atom. The van der Waals surface area contributed by atoms with Crippen molar-refractivity contribution in [2.24, 2.45) is 17.1 Å². The second kappa shape index (κ2) is 6.54. The molecular formula is C16H29N3S. The molecule has 20 heavy (non-hydrogen) atoms. The van der Waals surface area contributed by atoms with E-state index in [1.54, 1.807) is 0 Å². The Labute approximate surface area is 127 Å². The standard InChI is InChI=1S/C16H29N3S/c1-11-5-7-16(9-17,8-6-11)10-18-12(2)15-13(3)19-14(4)20-15/h11-12,18H,5-10,17H2,1-4H3. The molecule has 1 aromatic heterocycles. The van der Waals surface area contributed by atoms with E-state index >= 15 is 0 Å². The van der Waals surface area contributed by atoms with Gasteiger partial charge in [0.15, 0.2) is 0 Å². The lowest BCUT2D eigenvalue weighted by Gasteiger charge is -2.39. The van der Waals surface area contributed by atoms with Crippen molar-refractivity contribution in [1.29, 1.82) is 0 Å². The predicted molar refractivity (Wildman–Crippen MR) is 87.1 cm³/mol. The van der Waals surface area contributed by atoms with Gasteiger partial charge >= 0.3 is 0 Å². The summed E-state index contributed by atoms with van der Waals surface area (Å²) in [6.07, 6.45) is 5.19. The van der Waals surface area contributed by atoms with Gasteiger partial charge in [0.1, 0.15) is 0 Å². The van der Waals surface area contributed by atoms with E-state index in [1.807, 2.05) is 11.3 Å². The Morgan fingerprint density at radius 3 is 2.55 bits per heavy atom. The van der Waals surface area contributed by atoms with Crippen molar-refractivity contribution < 1.29 is 0 Å². The molecule has 4 heteroatoms. The third-order valence-electron chi connectivity index (χ3n) is 4.88. The van der Waals surface area contributed by atoms with E-state index in [0.717, 1.165) is 24.0 Å². The molecule has 0 spiro atoms. The highest BCUT2D eigenvalue weighted by atomic mass is 32.1. The first-order chi connectivity index (χ1) is 9.46. The van der Waals surface area contributed by atoms with E-state index in [4.69, 9.17) is 5.73 Å². The summed E-state index contributed by atoms with van der Waals surface area (Å²) in [5, 5.41) is 4.88. The molecule has 1 atom stereocenters. The van der Waals surface area contributed by atoms with Crippen LogP contribution in [0.15, 0.2) is 0 Å². The molecule has 1 aromatic rings. The lowest BCUT2D eigenvalue weighted by atomic mass is 9.70. The van der Waals surface area contributed by atoms with Crippen LogP contribution in [0, 0.1) is 25.2 Å².